The summed E-state index contributed by atoms with van der Waals surface area (Å²) in [5, 5.41) is 23.1. The van der Waals surface area contributed by atoms with Crippen LogP contribution < -0.4 is 26.6 Å². The van der Waals surface area contributed by atoms with Gasteiger partial charge in [0, 0.05) is 6.42 Å². The number of thioether (sulfide) groups is 1. The average molecular weight is 812 g/mol. The van der Waals surface area contributed by atoms with E-state index in [1.54, 1.807) is 0 Å². The van der Waals surface area contributed by atoms with Crippen LogP contribution in [0.1, 0.15) is 177 Å². The molecule has 5 amide bonds. The summed E-state index contributed by atoms with van der Waals surface area (Å²) in [7, 11) is 0. The van der Waals surface area contributed by atoms with Gasteiger partial charge in [0.1, 0.15) is 24.2 Å². The van der Waals surface area contributed by atoms with Crippen molar-refractivity contribution in [2.45, 2.75) is 201 Å². The number of nitrogens with one attached hydrogen (secondary N) is 5. The molecule has 0 spiro atoms. The molecule has 0 heterocycles. The van der Waals surface area contributed by atoms with Crippen LogP contribution in [0.4, 0.5) is 0 Å². The van der Waals surface area contributed by atoms with Crippen LogP contribution in [0.25, 0.3) is 0 Å². The van der Waals surface area contributed by atoms with Crippen molar-refractivity contribution in [1.82, 2.24) is 26.6 Å². The second-order valence-electron chi connectivity index (χ2n) is 16.2. The average Bonchev–Trinajstić information content (AvgIpc) is 3.16. The first-order valence-corrected chi connectivity index (χ1v) is 23.3. The highest BCUT2D eigenvalue weighted by atomic mass is 32.2. The predicted molar refractivity (Wildman–Crippen MR) is 229 cm³/mol. The topological polar surface area (TPSA) is 183 Å². The summed E-state index contributed by atoms with van der Waals surface area (Å²) in [6.07, 6.45) is 22.6. The van der Waals surface area contributed by atoms with Crippen LogP contribution >= 0.6 is 11.8 Å². The predicted octanol–water partition coefficient (Wildman–Crippen LogP) is 7.28. The van der Waals surface area contributed by atoms with Gasteiger partial charge in [0.2, 0.25) is 29.5 Å². The zero-order chi connectivity index (χ0) is 42.3. The van der Waals surface area contributed by atoms with E-state index >= 15 is 0 Å². The molecule has 0 radical (unpaired) electrons. The summed E-state index contributed by atoms with van der Waals surface area (Å²) in [5.41, 5.74) is 0. The first-order valence-electron chi connectivity index (χ1n) is 21.9. The fraction of sp³-hybridized carbons (Fsp3) is 0.860. The number of carboxylic acid groups (broad SMARTS) is 1. The lowest BCUT2D eigenvalue weighted by molar-refractivity contribution is -0.142. The second-order valence-corrected chi connectivity index (χ2v) is 17.1. The highest BCUT2D eigenvalue weighted by Crippen LogP contribution is 2.16. The van der Waals surface area contributed by atoms with Crippen LogP contribution in [-0.2, 0) is 28.8 Å². The first kappa shape index (κ1) is 53.2. The Morgan fingerprint density at radius 1 is 0.554 bits per heavy atom. The van der Waals surface area contributed by atoms with Gasteiger partial charge in [0.05, 0.1) is 6.54 Å². The maximum absolute atomic E-state index is 13.6. The van der Waals surface area contributed by atoms with Crippen molar-refractivity contribution in [2.75, 3.05) is 18.6 Å². The lowest BCUT2D eigenvalue weighted by atomic mass is 9.94. The van der Waals surface area contributed by atoms with Crippen molar-refractivity contribution >= 4 is 47.3 Å². The van der Waals surface area contributed by atoms with Crippen LogP contribution in [0.2, 0.25) is 0 Å². The molecular weight excluding hydrogens is 731 g/mol. The lowest BCUT2D eigenvalue weighted by Crippen LogP contribution is -2.58. The van der Waals surface area contributed by atoms with E-state index in [-0.39, 0.29) is 36.5 Å². The van der Waals surface area contributed by atoms with Crippen LogP contribution in [0, 0.1) is 17.8 Å². The molecule has 0 aliphatic rings. The monoisotopic (exact) mass is 812 g/mol. The van der Waals surface area contributed by atoms with Crippen LogP contribution in [0.15, 0.2) is 0 Å². The zero-order valence-electron chi connectivity index (χ0n) is 36.4. The highest BCUT2D eigenvalue weighted by Gasteiger charge is 2.33. The van der Waals surface area contributed by atoms with Crippen LogP contribution in [0.5, 0.6) is 0 Å². The molecule has 0 aliphatic heterocycles. The summed E-state index contributed by atoms with van der Waals surface area (Å²) < 4.78 is 0. The van der Waals surface area contributed by atoms with E-state index in [4.69, 9.17) is 0 Å². The van der Waals surface area contributed by atoms with E-state index in [1.165, 1.54) is 88.8 Å². The maximum atomic E-state index is 13.6. The van der Waals surface area contributed by atoms with Gasteiger partial charge in [-0.15, -0.1) is 0 Å². The molecule has 0 saturated carbocycles. The molecule has 6 N–H and O–H groups in total. The number of carboxylic acids is 1. The van der Waals surface area contributed by atoms with Crippen molar-refractivity contribution in [1.29, 1.82) is 0 Å². The van der Waals surface area contributed by atoms with E-state index in [1.807, 2.05) is 47.8 Å². The van der Waals surface area contributed by atoms with Crippen molar-refractivity contribution in [3.63, 3.8) is 0 Å². The standard InChI is InChI=1S/C43H81N5O7S/c1-9-12-13-14-15-16-17-18-19-20-21-22-23-24-25-26-36(49)47-39(33(7)11-3)42(53)48-38(32(6)10-2)41(52)44-30-37(50)45-35(29-31(4)5)40(51)46-34(43(54)55)27-28-56-8/h31-35,38-39H,9-30H2,1-8H3,(H,44,52)(H,45,50)(H,46,51)(H,47,49)(H,48,53)(H,54,55)/t32-,33-,34-,35-,38-,39-/m0/s1. The summed E-state index contributed by atoms with van der Waals surface area (Å²) >= 11 is 1.47. The Balaban J connectivity index is 5.00. The van der Waals surface area contributed by atoms with E-state index in [9.17, 15) is 33.9 Å². The van der Waals surface area contributed by atoms with E-state index in [0.29, 0.717) is 25.0 Å². The molecular formula is C43H81N5O7S. The van der Waals surface area contributed by atoms with E-state index < -0.39 is 60.3 Å². The number of hydrogen-bond acceptors (Lipinski definition) is 7. The Hall–Kier alpha value is -2.83. The molecule has 0 aromatic carbocycles. The smallest absolute Gasteiger partial charge is 0.326 e. The molecule has 326 valence electrons. The van der Waals surface area contributed by atoms with Gasteiger partial charge in [-0.25, -0.2) is 4.79 Å². The summed E-state index contributed by atoms with van der Waals surface area (Å²) in [6.45, 7) is 13.1. The van der Waals surface area contributed by atoms with Crippen molar-refractivity contribution in [3.05, 3.63) is 0 Å². The molecule has 0 unspecified atom stereocenters. The minimum Gasteiger partial charge on any atom is -0.480 e. The number of amides is 5. The molecule has 0 fully saturated rings. The third kappa shape index (κ3) is 25.4. The largest absolute Gasteiger partial charge is 0.480 e. The fourth-order valence-electron chi connectivity index (χ4n) is 6.54. The quantitative estimate of drug-likeness (QED) is 0.0361. The second kappa shape index (κ2) is 33.2. The van der Waals surface area contributed by atoms with Gasteiger partial charge in [0.15, 0.2) is 0 Å². The number of rotatable bonds is 35. The van der Waals surface area contributed by atoms with Gasteiger partial charge in [-0.05, 0) is 49.0 Å². The fourth-order valence-corrected chi connectivity index (χ4v) is 7.01. The normalized spacial score (nSPS) is 14.5. The highest BCUT2D eigenvalue weighted by molar-refractivity contribution is 7.98. The molecule has 0 aromatic rings. The van der Waals surface area contributed by atoms with Crippen molar-refractivity contribution in [2.24, 2.45) is 17.8 Å². The number of carbonyl (C=O) groups excluding carboxylic acids is 5. The maximum Gasteiger partial charge on any atom is 0.326 e. The summed E-state index contributed by atoms with van der Waals surface area (Å²) in [5.74, 6) is -3.43. The van der Waals surface area contributed by atoms with Gasteiger partial charge in [-0.2, -0.15) is 11.8 Å². The Kier molecular flexibility index (Phi) is 31.5. The van der Waals surface area contributed by atoms with Gasteiger partial charge < -0.3 is 31.7 Å². The van der Waals surface area contributed by atoms with Gasteiger partial charge in [-0.1, -0.05) is 151 Å². The minimum absolute atomic E-state index is 0.0168. The zero-order valence-corrected chi connectivity index (χ0v) is 37.2. The molecule has 0 aromatic heterocycles. The molecule has 6 atom stereocenters. The van der Waals surface area contributed by atoms with Gasteiger partial charge in [0.25, 0.3) is 0 Å². The minimum atomic E-state index is -1.15. The van der Waals surface area contributed by atoms with E-state index in [0.717, 1.165) is 19.3 Å². The number of hydrogen-bond donors (Lipinski definition) is 6. The molecule has 12 nitrogen and oxygen atoms in total. The van der Waals surface area contributed by atoms with Crippen molar-refractivity contribution in [3.8, 4) is 0 Å². The Morgan fingerprint density at radius 2 is 1.04 bits per heavy atom. The third-order valence-corrected chi connectivity index (χ3v) is 11.3. The number of aliphatic carboxylic acids is 1. The third-order valence-electron chi connectivity index (χ3n) is 10.6. The van der Waals surface area contributed by atoms with Gasteiger partial charge >= 0.3 is 5.97 Å². The number of carbonyl (C=O) groups is 6. The molecule has 0 bridgehead atoms. The van der Waals surface area contributed by atoms with Crippen molar-refractivity contribution < 1.29 is 33.9 Å². The van der Waals surface area contributed by atoms with E-state index in [2.05, 4.69) is 33.5 Å². The van der Waals surface area contributed by atoms with Gasteiger partial charge in [-0.3, -0.25) is 24.0 Å². The van der Waals surface area contributed by atoms with Crippen LogP contribution in [-0.4, -0.2) is 83.3 Å². The molecule has 56 heavy (non-hydrogen) atoms. The Morgan fingerprint density at radius 3 is 1.48 bits per heavy atom. The Bertz CT molecular complexity index is 1120. The van der Waals surface area contributed by atoms with Crippen LogP contribution in [0.3, 0.4) is 0 Å². The molecule has 13 heteroatoms. The summed E-state index contributed by atoms with van der Waals surface area (Å²) in [6, 6.07) is -3.84. The Labute approximate surface area is 344 Å². The molecule has 0 saturated heterocycles. The molecule has 0 rings (SSSR count). The first-order chi connectivity index (χ1) is 26.7. The molecule has 0 aliphatic carbocycles. The number of unbranched alkanes of at least 4 members (excludes halogenated alkanes) is 14. The SMILES string of the molecule is CCCCCCCCCCCCCCCCCC(=O)N[C@H](C(=O)N[C@H](C(=O)NCC(=O)N[C@@H](CC(C)C)C(=O)N[C@@H](CCSC)C(=O)O)[C@@H](C)CC)[C@@H](C)CC. The summed E-state index contributed by atoms with van der Waals surface area (Å²) in [4.78, 5) is 77.7. The lowest BCUT2D eigenvalue weighted by Gasteiger charge is -2.29.